The molecule has 0 radical (unpaired) electrons. The topological polar surface area (TPSA) is 32.3 Å². The number of nitrogens with one attached hydrogen (secondary N) is 1. The van der Waals surface area contributed by atoms with Crippen molar-refractivity contribution in [2.45, 2.75) is 38.0 Å². The SMILES string of the molecule is CC1(C)CC(=O)NN1[C@@H](c1cccc2c(F)cccc12)C(F)(F)F. The standard InChI is InChI=1S/C17H16F4N2O/c1-16(2)9-14(24)22-23(16)15(17(19,20)21)12-7-3-6-11-10(12)5-4-8-13(11)18/h3-8,15H,9H2,1-2H3,(H,22,24)/t15-/m0/s1. The summed E-state index contributed by atoms with van der Waals surface area (Å²) in [5.41, 5.74) is 1.20. The number of amides is 1. The summed E-state index contributed by atoms with van der Waals surface area (Å²) in [6.45, 7) is 3.13. The minimum absolute atomic E-state index is 0.0429. The summed E-state index contributed by atoms with van der Waals surface area (Å²) in [7, 11) is 0. The highest BCUT2D eigenvalue weighted by Crippen LogP contribution is 2.44. The number of carbonyl (C=O) groups is 1. The molecule has 2 aromatic carbocycles. The van der Waals surface area contributed by atoms with Gasteiger partial charge in [0.05, 0.1) is 0 Å². The lowest BCUT2D eigenvalue weighted by Gasteiger charge is -2.38. The maximum Gasteiger partial charge on any atom is 0.409 e. The zero-order chi connectivity index (χ0) is 17.7. The zero-order valence-corrected chi connectivity index (χ0v) is 13.1. The van der Waals surface area contributed by atoms with Crippen molar-refractivity contribution < 1.29 is 22.4 Å². The Morgan fingerprint density at radius 3 is 2.33 bits per heavy atom. The molecule has 0 aliphatic carbocycles. The van der Waals surface area contributed by atoms with E-state index >= 15 is 0 Å². The van der Waals surface area contributed by atoms with E-state index < -0.39 is 29.5 Å². The van der Waals surface area contributed by atoms with Crippen LogP contribution in [-0.4, -0.2) is 22.6 Å². The summed E-state index contributed by atoms with van der Waals surface area (Å²) in [5, 5.41) is 1.22. The number of alkyl halides is 3. The lowest BCUT2D eigenvalue weighted by atomic mass is 9.93. The van der Waals surface area contributed by atoms with Crippen molar-refractivity contribution in [3.63, 3.8) is 0 Å². The Hall–Kier alpha value is -2.15. The number of nitrogens with zero attached hydrogens (tertiary/aromatic N) is 1. The fraction of sp³-hybridized carbons (Fsp3) is 0.353. The Bertz CT molecular complexity index is 801. The second kappa shape index (κ2) is 5.44. The molecule has 0 aromatic heterocycles. The molecule has 0 bridgehead atoms. The van der Waals surface area contributed by atoms with Gasteiger partial charge in [-0.1, -0.05) is 30.3 Å². The Kier molecular flexibility index (Phi) is 3.79. The second-order valence-electron chi connectivity index (χ2n) is 6.52. The number of benzene rings is 2. The highest BCUT2D eigenvalue weighted by atomic mass is 19.4. The summed E-state index contributed by atoms with van der Waals surface area (Å²) in [5.74, 6) is -1.05. The molecule has 0 unspecified atom stereocenters. The van der Waals surface area contributed by atoms with Gasteiger partial charge in [0.1, 0.15) is 5.82 Å². The van der Waals surface area contributed by atoms with Crippen molar-refractivity contribution in [3.05, 3.63) is 47.8 Å². The minimum Gasteiger partial charge on any atom is -0.287 e. The first-order valence-corrected chi connectivity index (χ1v) is 7.44. The normalized spacial score (nSPS) is 19.5. The van der Waals surface area contributed by atoms with Crippen LogP contribution < -0.4 is 5.43 Å². The molecule has 3 rings (SSSR count). The van der Waals surface area contributed by atoms with Crippen LogP contribution in [0.1, 0.15) is 31.9 Å². The number of carbonyl (C=O) groups excluding carboxylic acids is 1. The maximum atomic E-state index is 14.0. The highest BCUT2D eigenvalue weighted by Gasteiger charge is 2.53. The summed E-state index contributed by atoms with van der Waals surface area (Å²) >= 11 is 0. The van der Waals surface area contributed by atoms with E-state index in [4.69, 9.17) is 0 Å². The molecule has 0 spiro atoms. The largest absolute Gasteiger partial charge is 0.409 e. The third-order valence-electron chi connectivity index (χ3n) is 4.26. The molecule has 2 aromatic rings. The molecule has 0 saturated carbocycles. The van der Waals surface area contributed by atoms with Crippen LogP contribution in [0.15, 0.2) is 36.4 Å². The molecule has 1 aliphatic heterocycles. The molecule has 7 heteroatoms. The first-order chi connectivity index (χ1) is 11.1. The molecule has 128 valence electrons. The van der Waals surface area contributed by atoms with Gasteiger partial charge in [-0.15, -0.1) is 0 Å². The summed E-state index contributed by atoms with van der Waals surface area (Å²) < 4.78 is 55.6. The molecular weight excluding hydrogens is 324 g/mol. The number of halogens is 4. The van der Waals surface area contributed by atoms with E-state index in [0.29, 0.717) is 0 Å². The van der Waals surface area contributed by atoms with E-state index in [1.54, 1.807) is 13.8 Å². The average Bonchev–Trinajstić information content (AvgIpc) is 2.71. The van der Waals surface area contributed by atoms with Gasteiger partial charge in [0.2, 0.25) is 5.91 Å². The van der Waals surface area contributed by atoms with Gasteiger partial charge in [0, 0.05) is 17.3 Å². The second-order valence-corrected chi connectivity index (χ2v) is 6.52. The summed E-state index contributed by atoms with van der Waals surface area (Å²) in [4.78, 5) is 11.7. The van der Waals surface area contributed by atoms with E-state index in [9.17, 15) is 22.4 Å². The molecule has 1 N–H and O–H groups in total. The molecule has 1 aliphatic rings. The van der Waals surface area contributed by atoms with Crippen LogP contribution in [0.4, 0.5) is 17.6 Å². The van der Waals surface area contributed by atoms with Crippen LogP contribution in [0.25, 0.3) is 10.8 Å². The predicted molar refractivity (Wildman–Crippen MR) is 81.4 cm³/mol. The molecule has 3 nitrogen and oxygen atoms in total. The molecule has 1 saturated heterocycles. The molecular formula is C17H16F4N2O. The zero-order valence-electron chi connectivity index (χ0n) is 13.1. The van der Waals surface area contributed by atoms with Crippen molar-refractivity contribution in [2.75, 3.05) is 0 Å². The molecule has 1 fully saturated rings. The Morgan fingerprint density at radius 2 is 1.75 bits per heavy atom. The Balaban J connectivity index is 2.22. The maximum absolute atomic E-state index is 14.0. The molecule has 1 atom stereocenters. The summed E-state index contributed by atoms with van der Waals surface area (Å²) in [6.07, 6.45) is -4.69. The number of fused-ring (bicyclic) bond motifs is 1. The van der Waals surface area contributed by atoms with E-state index in [2.05, 4.69) is 5.43 Å². The van der Waals surface area contributed by atoms with E-state index in [1.807, 2.05) is 0 Å². The van der Waals surface area contributed by atoms with Gasteiger partial charge in [-0.3, -0.25) is 10.2 Å². The summed E-state index contributed by atoms with van der Waals surface area (Å²) in [6, 6.07) is 6.13. The van der Waals surface area contributed by atoms with Crippen LogP contribution in [-0.2, 0) is 4.79 Å². The van der Waals surface area contributed by atoms with Gasteiger partial charge in [0.15, 0.2) is 6.04 Å². The van der Waals surface area contributed by atoms with E-state index in [1.165, 1.54) is 36.4 Å². The van der Waals surface area contributed by atoms with E-state index in [0.717, 1.165) is 5.01 Å². The van der Waals surface area contributed by atoms with Crippen LogP contribution in [0, 0.1) is 5.82 Å². The fourth-order valence-corrected chi connectivity index (χ4v) is 3.21. The van der Waals surface area contributed by atoms with Gasteiger partial charge in [-0.05, 0) is 30.9 Å². The first-order valence-electron chi connectivity index (χ1n) is 7.44. The number of hydrazine groups is 1. The molecule has 1 amide bonds. The number of hydrogen-bond acceptors (Lipinski definition) is 2. The molecule has 1 heterocycles. The van der Waals surface area contributed by atoms with Gasteiger partial charge in [-0.25, -0.2) is 4.39 Å². The van der Waals surface area contributed by atoms with Crippen LogP contribution in [0.2, 0.25) is 0 Å². The molecule has 24 heavy (non-hydrogen) atoms. The first kappa shape index (κ1) is 16.7. The van der Waals surface area contributed by atoms with Gasteiger partial charge in [0.25, 0.3) is 0 Å². The number of hydrogen-bond donors (Lipinski definition) is 1. The average molecular weight is 340 g/mol. The van der Waals surface area contributed by atoms with E-state index in [-0.39, 0.29) is 22.8 Å². The predicted octanol–water partition coefficient (Wildman–Crippen LogP) is 4.10. The van der Waals surface area contributed by atoms with Gasteiger partial charge in [-0.2, -0.15) is 18.2 Å². The van der Waals surface area contributed by atoms with Crippen LogP contribution in [0.3, 0.4) is 0 Å². The van der Waals surface area contributed by atoms with Crippen LogP contribution in [0.5, 0.6) is 0 Å². The smallest absolute Gasteiger partial charge is 0.287 e. The fourth-order valence-electron chi connectivity index (χ4n) is 3.21. The minimum atomic E-state index is -4.64. The third kappa shape index (κ3) is 2.73. The van der Waals surface area contributed by atoms with Crippen molar-refractivity contribution in [1.82, 2.24) is 10.4 Å². The third-order valence-corrected chi connectivity index (χ3v) is 4.26. The van der Waals surface area contributed by atoms with Gasteiger partial charge >= 0.3 is 6.18 Å². The van der Waals surface area contributed by atoms with Crippen molar-refractivity contribution >= 4 is 16.7 Å². The van der Waals surface area contributed by atoms with Gasteiger partial charge < -0.3 is 0 Å². The lowest BCUT2D eigenvalue weighted by Crippen LogP contribution is -2.51. The van der Waals surface area contributed by atoms with Crippen molar-refractivity contribution in [2.24, 2.45) is 0 Å². The number of rotatable bonds is 2. The van der Waals surface area contributed by atoms with Crippen molar-refractivity contribution in [1.29, 1.82) is 0 Å². The lowest BCUT2D eigenvalue weighted by molar-refractivity contribution is -0.203. The highest BCUT2D eigenvalue weighted by molar-refractivity contribution is 5.87. The Labute approximate surface area is 136 Å². The van der Waals surface area contributed by atoms with Crippen LogP contribution >= 0.6 is 0 Å². The Morgan fingerprint density at radius 1 is 1.12 bits per heavy atom. The van der Waals surface area contributed by atoms with Crippen molar-refractivity contribution in [3.8, 4) is 0 Å². The quantitative estimate of drug-likeness (QED) is 0.835. The monoisotopic (exact) mass is 340 g/mol.